The van der Waals surface area contributed by atoms with Crippen LogP contribution in [-0.4, -0.2) is 33.0 Å². The van der Waals surface area contributed by atoms with E-state index in [1.54, 1.807) is 18.7 Å². The molecule has 1 fully saturated rings. The van der Waals surface area contributed by atoms with Gasteiger partial charge < -0.3 is 9.73 Å². The van der Waals surface area contributed by atoms with Gasteiger partial charge in [0.25, 0.3) is 0 Å². The standard InChI is InChI=1S/C13H22N2O3S2/c1-9-12(8-14-11-4-5-11)13(10(2)18-9)20(16,17)15-6-7-19-3/h11,14-15H,4-8H2,1-3H3. The minimum atomic E-state index is -3.50. The largest absolute Gasteiger partial charge is 0.465 e. The molecule has 0 radical (unpaired) electrons. The zero-order valence-electron chi connectivity index (χ0n) is 12.2. The van der Waals surface area contributed by atoms with Crippen LogP contribution in [0.15, 0.2) is 9.31 Å². The fourth-order valence-electron chi connectivity index (χ4n) is 2.15. The molecule has 2 rings (SSSR count). The molecule has 5 nitrogen and oxygen atoms in total. The lowest BCUT2D eigenvalue weighted by Crippen LogP contribution is -2.28. The molecule has 0 unspecified atom stereocenters. The highest BCUT2D eigenvalue weighted by Gasteiger charge is 2.28. The third-order valence-corrected chi connectivity index (χ3v) is 5.60. The van der Waals surface area contributed by atoms with Gasteiger partial charge in [0.1, 0.15) is 16.4 Å². The summed E-state index contributed by atoms with van der Waals surface area (Å²) in [6.45, 7) is 4.50. The van der Waals surface area contributed by atoms with Gasteiger partial charge in [-0.15, -0.1) is 0 Å². The highest BCUT2D eigenvalue weighted by molar-refractivity contribution is 7.98. The Kier molecular flexibility index (Phi) is 5.17. The van der Waals surface area contributed by atoms with Crippen LogP contribution < -0.4 is 10.0 Å². The van der Waals surface area contributed by atoms with Crippen molar-refractivity contribution in [3.8, 4) is 0 Å². The first-order chi connectivity index (χ1) is 9.45. The van der Waals surface area contributed by atoms with Crippen LogP contribution in [-0.2, 0) is 16.6 Å². The topological polar surface area (TPSA) is 71.3 Å². The Hall–Kier alpha value is -0.500. The van der Waals surface area contributed by atoms with Gasteiger partial charge in [-0.1, -0.05) is 0 Å². The maximum Gasteiger partial charge on any atom is 0.244 e. The molecule has 1 aromatic heterocycles. The number of aryl methyl sites for hydroxylation is 2. The zero-order valence-corrected chi connectivity index (χ0v) is 13.8. The first-order valence-electron chi connectivity index (χ1n) is 6.76. The van der Waals surface area contributed by atoms with Crippen LogP contribution in [0.1, 0.15) is 29.9 Å². The number of hydrogen-bond donors (Lipinski definition) is 2. The third kappa shape index (κ3) is 3.78. The second-order valence-corrected chi connectivity index (χ2v) is 7.76. The van der Waals surface area contributed by atoms with E-state index in [1.165, 1.54) is 12.8 Å². The van der Waals surface area contributed by atoms with E-state index in [9.17, 15) is 8.42 Å². The Morgan fingerprint density at radius 2 is 2.00 bits per heavy atom. The summed E-state index contributed by atoms with van der Waals surface area (Å²) in [4.78, 5) is 0.309. The lowest BCUT2D eigenvalue weighted by atomic mass is 10.2. The van der Waals surface area contributed by atoms with Crippen LogP contribution in [0.25, 0.3) is 0 Å². The number of rotatable bonds is 8. The van der Waals surface area contributed by atoms with Crippen molar-refractivity contribution in [1.29, 1.82) is 0 Å². The lowest BCUT2D eigenvalue weighted by Gasteiger charge is -2.08. The van der Waals surface area contributed by atoms with Gasteiger partial charge in [-0.2, -0.15) is 11.8 Å². The molecule has 0 bridgehead atoms. The van der Waals surface area contributed by atoms with E-state index in [1.807, 2.05) is 13.2 Å². The predicted molar refractivity (Wildman–Crippen MR) is 81.6 cm³/mol. The second-order valence-electron chi connectivity index (χ2n) is 5.07. The molecular formula is C13H22N2O3S2. The Morgan fingerprint density at radius 1 is 1.30 bits per heavy atom. The maximum atomic E-state index is 12.4. The van der Waals surface area contributed by atoms with E-state index in [0.29, 0.717) is 35.5 Å². The van der Waals surface area contributed by atoms with Crippen molar-refractivity contribution in [2.45, 2.75) is 44.2 Å². The van der Waals surface area contributed by atoms with Gasteiger partial charge in [0.15, 0.2) is 0 Å². The van der Waals surface area contributed by atoms with Crippen LogP contribution >= 0.6 is 11.8 Å². The van der Waals surface area contributed by atoms with Gasteiger partial charge in [-0.25, -0.2) is 13.1 Å². The molecule has 1 saturated carbocycles. The molecule has 2 N–H and O–H groups in total. The Morgan fingerprint density at radius 3 is 2.60 bits per heavy atom. The van der Waals surface area contributed by atoms with Crippen LogP contribution in [0.3, 0.4) is 0 Å². The molecule has 1 heterocycles. The van der Waals surface area contributed by atoms with Gasteiger partial charge in [-0.3, -0.25) is 0 Å². The Labute approximate surface area is 124 Å². The van der Waals surface area contributed by atoms with E-state index < -0.39 is 10.0 Å². The first kappa shape index (κ1) is 15.9. The van der Waals surface area contributed by atoms with Crippen molar-refractivity contribution in [3.05, 3.63) is 17.1 Å². The number of furan rings is 1. The molecule has 1 aromatic rings. The van der Waals surface area contributed by atoms with Gasteiger partial charge in [0, 0.05) is 30.4 Å². The van der Waals surface area contributed by atoms with Crippen LogP contribution in [0.5, 0.6) is 0 Å². The summed E-state index contributed by atoms with van der Waals surface area (Å²) in [7, 11) is -3.50. The van der Waals surface area contributed by atoms with Gasteiger partial charge in [0.2, 0.25) is 10.0 Å². The molecule has 7 heteroatoms. The quantitative estimate of drug-likeness (QED) is 0.715. The average molecular weight is 318 g/mol. The normalized spacial score (nSPS) is 15.8. The summed E-state index contributed by atoms with van der Waals surface area (Å²) in [5, 5.41) is 3.35. The SMILES string of the molecule is CSCCNS(=O)(=O)c1c(C)oc(C)c1CNC1CC1. The Balaban J connectivity index is 2.19. The smallest absolute Gasteiger partial charge is 0.244 e. The molecule has 0 aromatic carbocycles. The zero-order chi connectivity index (χ0) is 14.8. The van der Waals surface area contributed by atoms with E-state index >= 15 is 0 Å². The van der Waals surface area contributed by atoms with E-state index in [2.05, 4.69) is 10.0 Å². The molecule has 0 amide bonds. The summed E-state index contributed by atoms with van der Waals surface area (Å²) in [5.74, 6) is 1.90. The highest BCUT2D eigenvalue weighted by Crippen LogP contribution is 2.28. The molecular weight excluding hydrogens is 296 g/mol. The first-order valence-corrected chi connectivity index (χ1v) is 9.64. The third-order valence-electron chi connectivity index (χ3n) is 3.34. The van der Waals surface area contributed by atoms with Crippen molar-refractivity contribution >= 4 is 21.8 Å². The van der Waals surface area contributed by atoms with Crippen LogP contribution in [0.4, 0.5) is 0 Å². The molecule has 0 spiro atoms. The van der Waals surface area contributed by atoms with Crippen LogP contribution in [0, 0.1) is 13.8 Å². The molecule has 0 saturated heterocycles. The van der Waals surface area contributed by atoms with Crippen LogP contribution in [0.2, 0.25) is 0 Å². The van der Waals surface area contributed by atoms with Crippen molar-refractivity contribution in [3.63, 3.8) is 0 Å². The maximum absolute atomic E-state index is 12.4. The summed E-state index contributed by atoms with van der Waals surface area (Å²) in [6, 6.07) is 0.532. The van der Waals surface area contributed by atoms with Crippen molar-refractivity contribution in [1.82, 2.24) is 10.0 Å². The fraction of sp³-hybridized carbons (Fsp3) is 0.692. The molecule has 1 aliphatic carbocycles. The molecule has 1 aliphatic rings. The molecule has 0 atom stereocenters. The molecule has 20 heavy (non-hydrogen) atoms. The predicted octanol–water partition coefficient (Wildman–Crippen LogP) is 1.79. The van der Waals surface area contributed by atoms with Crippen molar-refractivity contribution < 1.29 is 12.8 Å². The fourth-order valence-corrected chi connectivity index (χ4v) is 4.06. The molecule has 114 valence electrons. The number of thioether (sulfide) groups is 1. The number of hydrogen-bond acceptors (Lipinski definition) is 5. The lowest BCUT2D eigenvalue weighted by molar-refractivity contribution is 0.492. The Bertz CT molecular complexity index is 562. The minimum Gasteiger partial charge on any atom is -0.465 e. The van der Waals surface area contributed by atoms with E-state index in [0.717, 1.165) is 11.3 Å². The number of sulfonamides is 1. The van der Waals surface area contributed by atoms with Crippen molar-refractivity contribution in [2.24, 2.45) is 0 Å². The summed E-state index contributed by atoms with van der Waals surface area (Å²) < 4.78 is 33.0. The highest BCUT2D eigenvalue weighted by atomic mass is 32.2. The summed E-state index contributed by atoms with van der Waals surface area (Å²) in [6.07, 6.45) is 4.29. The van der Waals surface area contributed by atoms with E-state index in [-0.39, 0.29) is 0 Å². The number of nitrogens with one attached hydrogen (secondary N) is 2. The minimum absolute atomic E-state index is 0.309. The summed E-state index contributed by atoms with van der Waals surface area (Å²) in [5.41, 5.74) is 0.756. The monoisotopic (exact) mass is 318 g/mol. The van der Waals surface area contributed by atoms with Crippen molar-refractivity contribution in [2.75, 3.05) is 18.6 Å². The molecule has 0 aliphatic heterocycles. The van der Waals surface area contributed by atoms with E-state index in [4.69, 9.17) is 4.42 Å². The average Bonchev–Trinajstić information content (AvgIpc) is 3.13. The van der Waals surface area contributed by atoms with Gasteiger partial charge in [-0.05, 0) is 32.9 Å². The second kappa shape index (κ2) is 6.51. The summed E-state index contributed by atoms with van der Waals surface area (Å²) >= 11 is 1.61. The van der Waals surface area contributed by atoms with Gasteiger partial charge in [0.05, 0.1) is 0 Å². The van der Waals surface area contributed by atoms with Gasteiger partial charge >= 0.3 is 0 Å².